The Hall–Kier alpha value is -2.44. The molecule has 1 aliphatic carbocycles. The topological polar surface area (TPSA) is 72.2 Å². The number of aryl methyl sites for hydroxylation is 1. The molecule has 0 spiro atoms. The molecule has 1 aliphatic rings. The maximum atomic E-state index is 13.3. The molecule has 134 valence electrons. The van der Waals surface area contributed by atoms with Gasteiger partial charge in [0.1, 0.15) is 4.90 Å². The van der Waals surface area contributed by atoms with Crippen LogP contribution in [0.25, 0.3) is 11.3 Å². The molecule has 26 heavy (non-hydrogen) atoms. The number of hydrogen-bond acceptors (Lipinski definition) is 4. The van der Waals surface area contributed by atoms with Crippen LogP contribution in [0.2, 0.25) is 0 Å². The summed E-state index contributed by atoms with van der Waals surface area (Å²) in [5, 5.41) is 9.83. The van der Waals surface area contributed by atoms with E-state index in [2.05, 4.69) is 11.1 Å². The van der Waals surface area contributed by atoms with Gasteiger partial charge in [0, 0.05) is 29.7 Å². The molecule has 1 aromatic carbocycles. The predicted octanol–water partition coefficient (Wildman–Crippen LogP) is 3.16. The zero-order valence-corrected chi connectivity index (χ0v) is 15.1. The summed E-state index contributed by atoms with van der Waals surface area (Å²) in [5.74, 6) is 0. The fraction of sp³-hybridized carbons (Fsp3) is 0.250. The molecule has 1 N–H and O–H groups in total. The zero-order chi connectivity index (χ0) is 18.1. The first kappa shape index (κ1) is 17.0. The van der Waals surface area contributed by atoms with Crippen molar-refractivity contribution in [3.8, 4) is 11.3 Å². The monoisotopic (exact) mass is 368 g/mol. The fourth-order valence-electron chi connectivity index (χ4n) is 3.65. The van der Waals surface area contributed by atoms with Gasteiger partial charge in [-0.1, -0.05) is 24.3 Å². The van der Waals surface area contributed by atoms with Gasteiger partial charge in [-0.2, -0.15) is 0 Å². The van der Waals surface area contributed by atoms with Gasteiger partial charge in [-0.3, -0.25) is 4.98 Å². The first-order chi connectivity index (χ1) is 12.6. The van der Waals surface area contributed by atoms with E-state index in [4.69, 9.17) is 0 Å². The van der Waals surface area contributed by atoms with E-state index < -0.39 is 10.0 Å². The van der Waals surface area contributed by atoms with Crippen molar-refractivity contribution in [2.75, 3.05) is 0 Å². The van der Waals surface area contributed by atoms with Gasteiger partial charge in [0.05, 0.1) is 12.3 Å². The quantitative estimate of drug-likeness (QED) is 0.771. The normalized spacial score (nSPS) is 14.2. The van der Waals surface area contributed by atoms with Crippen LogP contribution in [-0.4, -0.2) is 22.5 Å². The van der Waals surface area contributed by atoms with Crippen LogP contribution in [0.4, 0.5) is 0 Å². The van der Waals surface area contributed by atoms with E-state index in [1.165, 1.54) is 10.2 Å². The Morgan fingerprint density at radius 3 is 2.65 bits per heavy atom. The molecule has 0 radical (unpaired) electrons. The number of benzene rings is 1. The lowest BCUT2D eigenvalue weighted by Gasteiger charge is -2.18. The minimum atomic E-state index is -3.80. The highest BCUT2D eigenvalue weighted by atomic mass is 32.2. The third kappa shape index (κ3) is 2.75. The number of aliphatic hydroxyl groups excluding tert-OH is 1. The summed E-state index contributed by atoms with van der Waals surface area (Å²) in [6, 6.07) is 11.1. The van der Waals surface area contributed by atoms with Crippen molar-refractivity contribution in [2.45, 2.75) is 37.2 Å². The Balaban J connectivity index is 2.03. The van der Waals surface area contributed by atoms with E-state index in [-0.39, 0.29) is 11.5 Å². The molecule has 0 amide bonds. The van der Waals surface area contributed by atoms with Crippen LogP contribution in [0, 0.1) is 0 Å². The van der Waals surface area contributed by atoms with Crippen LogP contribution in [0.3, 0.4) is 0 Å². The van der Waals surface area contributed by atoms with E-state index >= 15 is 0 Å². The smallest absolute Gasteiger partial charge is 0.269 e. The summed E-state index contributed by atoms with van der Waals surface area (Å²) in [6.45, 7) is -0.180. The summed E-state index contributed by atoms with van der Waals surface area (Å²) >= 11 is 0. The first-order valence-electron chi connectivity index (χ1n) is 8.71. The van der Waals surface area contributed by atoms with Gasteiger partial charge in [0.2, 0.25) is 0 Å². The molecule has 2 heterocycles. The average molecular weight is 368 g/mol. The third-order valence-corrected chi connectivity index (χ3v) is 6.57. The maximum Gasteiger partial charge on any atom is 0.269 e. The maximum absolute atomic E-state index is 13.3. The van der Waals surface area contributed by atoms with Crippen LogP contribution in [0.15, 0.2) is 59.9 Å². The summed E-state index contributed by atoms with van der Waals surface area (Å²) < 4.78 is 27.9. The summed E-state index contributed by atoms with van der Waals surface area (Å²) in [7, 11) is -3.80. The molecule has 0 fully saturated rings. The van der Waals surface area contributed by atoms with Gasteiger partial charge < -0.3 is 5.11 Å². The van der Waals surface area contributed by atoms with Gasteiger partial charge in [-0.25, -0.2) is 12.4 Å². The van der Waals surface area contributed by atoms with Gasteiger partial charge in [0.25, 0.3) is 10.0 Å². The van der Waals surface area contributed by atoms with E-state index in [0.717, 1.165) is 42.4 Å². The van der Waals surface area contributed by atoms with Gasteiger partial charge >= 0.3 is 0 Å². The second-order valence-corrected chi connectivity index (χ2v) is 8.31. The second kappa shape index (κ2) is 6.70. The zero-order valence-electron chi connectivity index (χ0n) is 14.3. The number of aromatic nitrogens is 2. The molecule has 0 saturated heterocycles. The Morgan fingerprint density at radius 2 is 1.88 bits per heavy atom. The van der Waals surface area contributed by atoms with Crippen molar-refractivity contribution in [1.29, 1.82) is 0 Å². The Labute approximate surface area is 153 Å². The molecular formula is C20H20N2O3S. The van der Waals surface area contributed by atoms with E-state index in [0.29, 0.717) is 11.3 Å². The minimum Gasteiger partial charge on any atom is -0.392 e. The van der Waals surface area contributed by atoms with Gasteiger partial charge in [0.15, 0.2) is 0 Å². The van der Waals surface area contributed by atoms with Gasteiger partial charge in [-0.05, 0) is 48.9 Å². The number of pyridine rings is 1. The largest absolute Gasteiger partial charge is 0.392 e. The van der Waals surface area contributed by atoms with E-state index in [9.17, 15) is 13.5 Å². The predicted molar refractivity (Wildman–Crippen MR) is 99.3 cm³/mol. The molecule has 0 unspecified atom stereocenters. The molecular weight excluding hydrogens is 348 g/mol. The lowest BCUT2D eigenvalue weighted by molar-refractivity contribution is 0.280. The van der Waals surface area contributed by atoms with E-state index in [1.807, 2.05) is 18.2 Å². The molecule has 5 nitrogen and oxygen atoms in total. The van der Waals surface area contributed by atoms with Crippen molar-refractivity contribution in [1.82, 2.24) is 8.96 Å². The molecule has 3 aromatic rings. The molecule has 0 atom stereocenters. The van der Waals surface area contributed by atoms with Crippen LogP contribution in [0.1, 0.15) is 29.5 Å². The highest BCUT2D eigenvalue weighted by molar-refractivity contribution is 7.90. The van der Waals surface area contributed by atoms with Crippen molar-refractivity contribution < 1.29 is 13.5 Å². The highest BCUT2D eigenvalue weighted by Gasteiger charge is 2.27. The highest BCUT2D eigenvalue weighted by Crippen LogP contribution is 2.37. The summed E-state index contributed by atoms with van der Waals surface area (Å²) in [6.07, 6.45) is 8.16. The number of fused-ring (bicyclic) bond motifs is 3. The molecule has 0 aliphatic heterocycles. The molecule has 2 aromatic heterocycles. The Kier molecular flexibility index (Phi) is 4.38. The average Bonchev–Trinajstić information content (AvgIpc) is 3.02. The van der Waals surface area contributed by atoms with Crippen molar-refractivity contribution >= 4 is 10.0 Å². The fourth-order valence-corrected chi connectivity index (χ4v) is 5.04. The summed E-state index contributed by atoms with van der Waals surface area (Å²) in [4.78, 5) is 4.09. The number of nitrogens with zero attached hydrogens (tertiary/aromatic N) is 2. The Bertz CT molecular complexity index is 1040. The van der Waals surface area contributed by atoms with Crippen molar-refractivity contribution in [2.24, 2.45) is 0 Å². The molecule has 4 rings (SSSR count). The van der Waals surface area contributed by atoms with Crippen molar-refractivity contribution in [3.05, 3.63) is 71.7 Å². The summed E-state index contributed by atoms with van der Waals surface area (Å²) in [5.41, 5.74) is 4.33. The Morgan fingerprint density at radius 1 is 1.08 bits per heavy atom. The lowest BCUT2D eigenvalue weighted by Crippen LogP contribution is -2.15. The second-order valence-electron chi connectivity index (χ2n) is 6.49. The number of aliphatic hydroxyl groups is 1. The molecule has 6 heteroatoms. The minimum absolute atomic E-state index is 0.141. The first-order valence-corrected chi connectivity index (χ1v) is 10.1. The van der Waals surface area contributed by atoms with Crippen LogP contribution in [0.5, 0.6) is 0 Å². The van der Waals surface area contributed by atoms with Crippen LogP contribution >= 0.6 is 0 Å². The SMILES string of the molecule is O=S(=O)(c1cccnc1)n1cc(CO)c2c1-c1ccccc1CCCC2. The standard InChI is InChI=1S/C20H20N2O3S/c23-14-16-13-22(26(24,25)17-8-5-11-21-12-17)20-18-9-3-1-6-15(18)7-2-4-10-19(16)20/h1,3,5-6,8-9,11-13,23H,2,4,7,10,14H2. The van der Waals surface area contributed by atoms with Crippen LogP contribution in [-0.2, 0) is 29.5 Å². The lowest BCUT2D eigenvalue weighted by atomic mass is 9.91. The van der Waals surface area contributed by atoms with E-state index in [1.54, 1.807) is 24.5 Å². The number of hydrogen-bond donors (Lipinski definition) is 1. The third-order valence-electron chi connectivity index (χ3n) is 4.92. The van der Waals surface area contributed by atoms with Gasteiger partial charge in [-0.15, -0.1) is 0 Å². The molecule has 0 saturated carbocycles. The molecule has 0 bridgehead atoms. The van der Waals surface area contributed by atoms with Crippen molar-refractivity contribution in [3.63, 3.8) is 0 Å². The number of rotatable bonds is 3. The van der Waals surface area contributed by atoms with Crippen LogP contribution < -0.4 is 0 Å².